The average molecular weight is 287 g/mol. The van der Waals surface area contributed by atoms with Gasteiger partial charge in [0.15, 0.2) is 0 Å². The molecule has 2 unspecified atom stereocenters. The summed E-state index contributed by atoms with van der Waals surface area (Å²) >= 11 is 0. The molecule has 0 aromatic heterocycles. The summed E-state index contributed by atoms with van der Waals surface area (Å²) in [5.41, 5.74) is 3.96. The van der Waals surface area contributed by atoms with Crippen molar-refractivity contribution in [2.45, 2.75) is 39.2 Å². The molecule has 3 rings (SSSR count). The lowest BCUT2D eigenvalue weighted by molar-refractivity contribution is -0.142. The summed E-state index contributed by atoms with van der Waals surface area (Å²) in [7, 11) is 0. The molecule has 1 aromatic rings. The van der Waals surface area contributed by atoms with Crippen molar-refractivity contribution in [1.82, 2.24) is 4.90 Å². The van der Waals surface area contributed by atoms with Gasteiger partial charge < -0.3 is 10.0 Å². The smallest absolute Gasteiger partial charge is 0.307 e. The quantitative estimate of drug-likeness (QED) is 0.929. The summed E-state index contributed by atoms with van der Waals surface area (Å²) in [4.78, 5) is 25.1. The van der Waals surface area contributed by atoms with Gasteiger partial charge in [-0.1, -0.05) is 32.0 Å². The Hall–Kier alpha value is -1.84. The number of hydrogen-bond acceptors (Lipinski definition) is 2. The van der Waals surface area contributed by atoms with E-state index in [1.165, 1.54) is 16.7 Å². The molecule has 21 heavy (non-hydrogen) atoms. The van der Waals surface area contributed by atoms with E-state index in [0.717, 1.165) is 6.42 Å². The zero-order valence-corrected chi connectivity index (χ0v) is 12.5. The van der Waals surface area contributed by atoms with Crippen molar-refractivity contribution in [3.8, 4) is 0 Å². The van der Waals surface area contributed by atoms with E-state index in [1.54, 1.807) is 0 Å². The largest absolute Gasteiger partial charge is 0.481 e. The fourth-order valence-corrected chi connectivity index (χ4v) is 3.34. The van der Waals surface area contributed by atoms with Gasteiger partial charge in [-0.25, -0.2) is 0 Å². The first-order chi connectivity index (χ1) is 9.99. The fraction of sp³-hybridized carbons (Fsp3) is 0.529. The van der Waals surface area contributed by atoms with Crippen molar-refractivity contribution in [3.63, 3.8) is 0 Å². The van der Waals surface area contributed by atoms with Crippen molar-refractivity contribution in [3.05, 3.63) is 34.9 Å². The third-order valence-corrected chi connectivity index (χ3v) is 4.66. The minimum atomic E-state index is -0.840. The summed E-state index contributed by atoms with van der Waals surface area (Å²) in [6, 6.07) is 6.31. The van der Waals surface area contributed by atoms with Gasteiger partial charge in [-0.15, -0.1) is 0 Å². The van der Waals surface area contributed by atoms with Gasteiger partial charge in [0, 0.05) is 13.1 Å². The van der Waals surface area contributed by atoms with E-state index in [9.17, 15) is 9.59 Å². The normalized spacial score (nSPS) is 23.9. The Morgan fingerprint density at radius 1 is 1.29 bits per heavy atom. The molecule has 1 saturated carbocycles. The summed E-state index contributed by atoms with van der Waals surface area (Å²) in [6.07, 6.45) is 1.38. The second kappa shape index (κ2) is 5.17. The van der Waals surface area contributed by atoms with Gasteiger partial charge in [0.05, 0.1) is 11.8 Å². The summed E-state index contributed by atoms with van der Waals surface area (Å²) in [5.74, 6) is -1.09. The van der Waals surface area contributed by atoms with Crippen molar-refractivity contribution in [1.29, 1.82) is 0 Å². The van der Waals surface area contributed by atoms with Crippen molar-refractivity contribution >= 4 is 11.9 Å². The van der Waals surface area contributed by atoms with Gasteiger partial charge in [-0.2, -0.15) is 0 Å². The Bertz CT molecular complexity index is 594. The molecular weight excluding hydrogens is 266 g/mol. The fourth-order valence-electron chi connectivity index (χ4n) is 3.34. The molecule has 1 aliphatic heterocycles. The van der Waals surface area contributed by atoms with Crippen LogP contribution in [0.1, 0.15) is 42.9 Å². The molecule has 1 N–H and O–H groups in total. The molecule has 0 spiro atoms. The minimum Gasteiger partial charge on any atom is -0.481 e. The van der Waals surface area contributed by atoms with Gasteiger partial charge in [-0.3, -0.25) is 9.59 Å². The number of amides is 1. The first-order valence-corrected chi connectivity index (χ1v) is 7.61. The Morgan fingerprint density at radius 2 is 2.05 bits per heavy atom. The summed E-state index contributed by atoms with van der Waals surface area (Å²) in [6.45, 7) is 5.71. The third kappa shape index (κ3) is 2.55. The number of carbonyl (C=O) groups excluding carboxylic acids is 1. The highest BCUT2D eigenvalue weighted by atomic mass is 16.4. The van der Waals surface area contributed by atoms with Crippen LogP contribution in [0, 0.1) is 11.8 Å². The van der Waals surface area contributed by atoms with Gasteiger partial charge in [0.25, 0.3) is 0 Å². The number of fused-ring (bicyclic) bond motifs is 1. The SMILES string of the molecule is CC(C)c1cccc2c1CCN(C(=O)C1CC1C(=O)O)C2. The van der Waals surface area contributed by atoms with Crippen LogP contribution in [-0.2, 0) is 22.6 Å². The Morgan fingerprint density at radius 3 is 2.67 bits per heavy atom. The highest BCUT2D eigenvalue weighted by Crippen LogP contribution is 2.41. The summed E-state index contributed by atoms with van der Waals surface area (Å²) < 4.78 is 0. The zero-order chi connectivity index (χ0) is 15.1. The van der Waals surface area contributed by atoms with Crippen LogP contribution in [0.5, 0.6) is 0 Å². The van der Waals surface area contributed by atoms with Gasteiger partial charge in [0.2, 0.25) is 5.91 Å². The predicted molar refractivity (Wildman–Crippen MR) is 78.9 cm³/mol. The molecule has 1 fully saturated rings. The molecule has 112 valence electrons. The van der Waals surface area contributed by atoms with Crippen LogP contribution < -0.4 is 0 Å². The molecule has 4 heteroatoms. The Labute approximate surface area is 124 Å². The van der Waals surface area contributed by atoms with Crippen LogP contribution in [-0.4, -0.2) is 28.4 Å². The second-order valence-electron chi connectivity index (χ2n) is 6.44. The molecule has 4 nitrogen and oxygen atoms in total. The molecule has 0 radical (unpaired) electrons. The van der Waals surface area contributed by atoms with E-state index in [2.05, 4.69) is 32.0 Å². The van der Waals surface area contributed by atoms with E-state index in [-0.39, 0.29) is 11.8 Å². The highest BCUT2D eigenvalue weighted by molar-refractivity contribution is 5.89. The lowest BCUT2D eigenvalue weighted by Crippen LogP contribution is -2.38. The first-order valence-electron chi connectivity index (χ1n) is 7.61. The topological polar surface area (TPSA) is 57.6 Å². The molecule has 1 heterocycles. The molecule has 1 aliphatic carbocycles. The van der Waals surface area contributed by atoms with Crippen molar-refractivity contribution in [2.75, 3.05) is 6.54 Å². The van der Waals surface area contributed by atoms with E-state index < -0.39 is 11.9 Å². The maximum atomic E-state index is 12.4. The molecule has 1 amide bonds. The van der Waals surface area contributed by atoms with Crippen LogP contribution in [0.3, 0.4) is 0 Å². The number of nitrogens with zero attached hydrogens (tertiary/aromatic N) is 1. The Kier molecular flexibility index (Phi) is 3.47. The van der Waals surface area contributed by atoms with Crippen LogP contribution in [0.4, 0.5) is 0 Å². The molecule has 2 aliphatic rings. The Balaban J connectivity index is 1.75. The zero-order valence-electron chi connectivity index (χ0n) is 12.5. The number of carboxylic acids is 1. The summed E-state index contributed by atoms with van der Waals surface area (Å²) in [5, 5.41) is 8.96. The maximum absolute atomic E-state index is 12.4. The highest BCUT2D eigenvalue weighted by Gasteiger charge is 2.50. The maximum Gasteiger partial charge on any atom is 0.307 e. The van der Waals surface area contributed by atoms with Gasteiger partial charge in [0.1, 0.15) is 0 Å². The van der Waals surface area contributed by atoms with Crippen LogP contribution >= 0.6 is 0 Å². The van der Waals surface area contributed by atoms with Crippen LogP contribution in [0.15, 0.2) is 18.2 Å². The van der Waals surface area contributed by atoms with Gasteiger partial charge in [-0.05, 0) is 35.4 Å². The number of aliphatic carboxylic acids is 1. The van der Waals surface area contributed by atoms with E-state index in [1.807, 2.05) is 4.90 Å². The third-order valence-electron chi connectivity index (χ3n) is 4.66. The second-order valence-corrected chi connectivity index (χ2v) is 6.44. The standard InChI is InChI=1S/C17H21NO3/c1-10(2)12-5-3-4-11-9-18(7-6-13(11)12)16(19)14-8-15(14)17(20)21/h3-5,10,14-15H,6-9H2,1-2H3,(H,20,21). The number of hydrogen-bond donors (Lipinski definition) is 1. The first kappa shape index (κ1) is 14.1. The van der Waals surface area contributed by atoms with Crippen molar-refractivity contribution in [2.24, 2.45) is 11.8 Å². The van der Waals surface area contributed by atoms with Crippen molar-refractivity contribution < 1.29 is 14.7 Å². The lowest BCUT2D eigenvalue weighted by Gasteiger charge is -2.31. The molecule has 0 saturated heterocycles. The van der Waals surface area contributed by atoms with E-state index in [0.29, 0.717) is 25.4 Å². The predicted octanol–water partition coefficient (Wildman–Crippen LogP) is 2.42. The van der Waals surface area contributed by atoms with E-state index in [4.69, 9.17) is 5.11 Å². The monoisotopic (exact) mass is 287 g/mol. The van der Waals surface area contributed by atoms with Crippen LogP contribution in [0.25, 0.3) is 0 Å². The number of benzene rings is 1. The molecule has 0 bridgehead atoms. The number of carbonyl (C=O) groups is 2. The van der Waals surface area contributed by atoms with Gasteiger partial charge >= 0.3 is 5.97 Å². The lowest BCUT2D eigenvalue weighted by atomic mass is 9.89. The average Bonchev–Trinajstić information content (AvgIpc) is 3.25. The van der Waals surface area contributed by atoms with E-state index >= 15 is 0 Å². The molecule has 1 aromatic carbocycles. The minimum absolute atomic E-state index is 0.0167. The number of rotatable bonds is 3. The number of carboxylic acid groups (broad SMARTS) is 1. The van der Waals surface area contributed by atoms with Crippen LogP contribution in [0.2, 0.25) is 0 Å². The molecular formula is C17H21NO3. The molecule has 2 atom stereocenters.